The first kappa shape index (κ1) is 13.7. The summed E-state index contributed by atoms with van der Waals surface area (Å²) in [4.78, 5) is 27.0. The number of carboxylic acid groups (broad SMARTS) is 1. The van der Waals surface area contributed by atoms with Crippen molar-refractivity contribution in [2.75, 3.05) is 0 Å². The number of hydrogen-bond donors (Lipinski definition) is 2. The molecule has 5 nitrogen and oxygen atoms in total. The lowest BCUT2D eigenvalue weighted by molar-refractivity contribution is -0.141. The number of carbonyl (C=O) groups excluding carboxylic acids is 1. The predicted molar refractivity (Wildman–Crippen MR) is 72.9 cm³/mol. The third-order valence-corrected chi connectivity index (χ3v) is 2.80. The maximum atomic E-state index is 11.9. The zero-order valence-corrected chi connectivity index (χ0v) is 10.7. The molecule has 2 rings (SSSR count). The highest BCUT2D eigenvalue weighted by atomic mass is 16.4. The summed E-state index contributed by atoms with van der Waals surface area (Å²) in [7, 11) is 0. The number of aliphatic carboxylic acids is 1. The van der Waals surface area contributed by atoms with E-state index in [4.69, 9.17) is 0 Å². The van der Waals surface area contributed by atoms with Crippen LogP contribution < -0.4 is 5.32 Å². The highest BCUT2D eigenvalue weighted by Crippen LogP contribution is 2.13. The number of hydrogen-bond acceptors (Lipinski definition) is 3. The zero-order valence-electron chi connectivity index (χ0n) is 10.7. The Morgan fingerprint density at radius 3 is 2.35 bits per heavy atom. The number of aromatic nitrogens is 1. The van der Waals surface area contributed by atoms with Crippen molar-refractivity contribution in [1.82, 2.24) is 10.3 Å². The number of nitrogens with one attached hydrogen (secondary N) is 1. The Labute approximate surface area is 116 Å². The number of amides is 1. The van der Waals surface area contributed by atoms with E-state index < -0.39 is 12.0 Å². The van der Waals surface area contributed by atoms with Crippen LogP contribution in [0.25, 0.3) is 0 Å². The van der Waals surface area contributed by atoms with Crippen molar-refractivity contribution >= 4 is 11.9 Å². The summed E-state index contributed by atoms with van der Waals surface area (Å²) in [5, 5.41) is 11.7. The van der Waals surface area contributed by atoms with Crippen molar-refractivity contribution in [3.8, 4) is 0 Å². The fourth-order valence-electron chi connectivity index (χ4n) is 1.83. The van der Waals surface area contributed by atoms with Gasteiger partial charge >= 0.3 is 5.97 Å². The summed E-state index contributed by atoms with van der Waals surface area (Å²) in [6.45, 7) is 0. The highest BCUT2D eigenvalue weighted by molar-refractivity contribution is 5.85. The minimum absolute atomic E-state index is 0.124. The smallest absolute Gasteiger partial charge is 0.330 e. The van der Waals surface area contributed by atoms with Crippen molar-refractivity contribution in [2.24, 2.45) is 0 Å². The van der Waals surface area contributed by atoms with Crippen molar-refractivity contribution < 1.29 is 14.7 Å². The minimum atomic E-state index is -1.08. The Bertz CT molecular complexity index is 585. The minimum Gasteiger partial charge on any atom is -0.479 e. The van der Waals surface area contributed by atoms with E-state index in [2.05, 4.69) is 10.3 Å². The van der Waals surface area contributed by atoms with Gasteiger partial charge in [-0.2, -0.15) is 0 Å². The molecule has 0 aliphatic carbocycles. The molecule has 0 bridgehead atoms. The summed E-state index contributed by atoms with van der Waals surface area (Å²) < 4.78 is 0. The molecule has 0 unspecified atom stereocenters. The average Bonchev–Trinajstić information content (AvgIpc) is 2.46. The van der Waals surface area contributed by atoms with Crippen LogP contribution in [0, 0.1) is 0 Å². The van der Waals surface area contributed by atoms with E-state index in [1.54, 1.807) is 54.9 Å². The molecule has 102 valence electrons. The van der Waals surface area contributed by atoms with Gasteiger partial charge in [0.15, 0.2) is 6.04 Å². The van der Waals surface area contributed by atoms with E-state index in [0.717, 1.165) is 5.56 Å². The van der Waals surface area contributed by atoms with Gasteiger partial charge in [-0.1, -0.05) is 30.3 Å². The lowest BCUT2D eigenvalue weighted by Gasteiger charge is -2.14. The molecule has 0 fully saturated rings. The summed E-state index contributed by atoms with van der Waals surface area (Å²) in [6.07, 6.45) is 3.31. The van der Waals surface area contributed by atoms with E-state index in [-0.39, 0.29) is 12.3 Å². The van der Waals surface area contributed by atoms with Crippen LogP contribution >= 0.6 is 0 Å². The van der Waals surface area contributed by atoms with Gasteiger partial charge in [-0.05, 0) is 23.3 Å². The van der Waals surface area contributed by atoms with Gasteiger partial charge in [0.05, 0.1) is 6.42 Å². The van der Waals surface area contributed by atoms with E-state index in [0.29, 0.717) is 5.56 Å². The van der Waals surface area contributed by atoms with Crippen LogP contribution in [0.4, 0.5) is 0 Å². The molecule has 1 amide bonds. The van der Waals surface area contributed by atoms with Gasteiger partial charge in [0, 0.05) is 12.4 Å². The third-order valence-electron chi connectivity index (χ3n) is 2.80. The molecule has 1 atom stereocenters. The average molecular weight is 270 g/mol. The number of carbonyl (C=O) groups is 2. The molecule has 0 saturated heterocycles. The molecule has 1 heterocycles. The molecule has 1 aromatic carbocycles. The molecule has 20 heavy (non-hydrogen) atoms. The highest BCUT2D eigenvalue weighted by Gasteiger charge is 2.21. The van der Waals surface area contributed by atoms with Crippen LogP contribution in [0.15, 0.2) is 54.9 Å². The Morgan fingerprint density at radius 1 is 1.10 bits per heavy atom. The van der Waals surface area contributed by atoms with Gasteiger partial charge < -0.3 is 10.4 Å². The van der Waals surface area contributed by atoms with Gasteiger partial charge in [0.2, 0.25) is 5.91 Å². The predicted octanol–water partition coefficient (Wildman–Crippen LogP) is 1.57. The van der Waals surface area contributed by atoms with Crippen LogP contribution in [-0.2, 0) is 16.0 Å². The van der Waals surface area contributed by atoms with Crippen LogP contribution in [0.1, 0.15) is 17.2 Å². The lowest BCUT2D eigenvalue weighted by Crippen LogP contribution is -2.34. The first-order valence-corrected chi connectivity index (χ1v) is 6.13. The first-order valence-electron chi connectivity index (χ1n) is 6.13. The SMILES string of the molecule is O=C(Cc1ccncc1)N[C@H](C(=O)O)c1ccccc1. The van der Waals surface area contributed by atoms with E-state index in [1.165, 1.54) is 0 Å². The second kappa shape index (κ2) is 6.47. The molecule has 1 aromatic heterocycles. The zero-order chi connectivity index (χ0) is 14.4. The normalized spacial score (nSPS) is 11.6. The second-order valence-corrected chi connectivity index (χ2v) is 4.28. The number of carboxylic acids is 1. The molecule has 5 heteroatoms. The number of pyridine rings is 1. The molecule has 0 saturated carbocycles. The summed E-state index contributed by atoms with van der Waals surface area (Å²) in [5.41, 5.74) is 1.33. The van der Waals surface area contributed by atoms with Gasteiger partial charge in [0.25, 0.3) is 0 Å². The number of rotatable bonds is 5. The van der Waals surface area contributed by atoms with Gasteiger partial charge in [-0.3, -0.25) is 9.78 Å². The van der Waals surface area contributed by atoms with Crippen LogP contribution in [0.3, 0.4) is 0 Å². The first-order chi connectivity index (χ1) is 9.66. The largest absolute Gasteiger partial charge is 0.479 e. The molecule has 2 aromatic rings. The van der Waals surface area contributed by atoms with E-state index in [1.807, 2.05) is 0 Å². The number of nitrogens with zero attached hydrogens (tertiary/aromatic N) is 1. The van der Waals surface area contributed by atoms with Crippen molar-refractivity contribution in [1.29, 1.82) is 0 Å². The van der Waals surface area contributed by atoms with E-state index in [9.17, 15) is 14.7 Å². The molecular formula is C15H14N2O3. The summed E-state index contributed by atoms with van der Waals surface area (Å²) in [6, 6.07) is 11.0. The van der Waals surface area contributed by atoms with Gasteiger partial charge in [-0.15, -0.1) is 0 Å². The fourth-order valence-corrected chi connectivity index (χ4v) is 1.83. The molecule has 0 aliphatic heterocycles. The molecule has 0 spiro atoms. The Kier molecular flexibility index (Phi) is 4.44. The van der Waals surface area contributed by atoms with Gasteiger partial charge in [-0.25, -0.2) is 4.79 Å². The van der Waals surface area contributed by atoms with Crippen molar-refractivity contribution in [2.45, 2.75) is 12.5 Å². The molecular weight excluding hydrogens is 256 g/mol. The maximum Gasteiger partial charge on any atom is 0.330 e. The van der Waals surface area contributed by atoms with Crippen LogP contribution in [0.5, 0.6) is 0 Å². The van der Waals surface area contributed by atoms with Crippen molar-refractivity contribution in [3.05, 3.63) is 66.0 Å². The molecule has 0 radical (unpaired) electrons. The second-order valence-electron chi connectivity index (χ2n) is 4.28. The molecule has 0 aliphatic rings. The van der Waals surface area contributed by atoms with Crippen molar-refractivity contribution in [3.63, 3.8) is 0 Å². The van der Waals surface area contributed by atoms with Gasteiger partial charge in [0.1, 0.15) is 0 Å². The number of benzene rings is 1. The quantitative estimate of drug-likeness (QED) is 0.864. The van der Waals surface area contributed by atoms with Crippen LogP contribution in [0.2, 0.25) is 0 Å². The summed E-state index contributed by atoms with van der Waals surface area (Å²) >= 11 is 0. The summed E-state index contributed by atoms with van der Waals surface area (Å²) in [5.74, 6) is -1.42. The van der Waals surface area contributed by atoms with Crippen LogP contribution in [-0.4, -0.2) is 22.0 Å². The Hall–Kier alpha value is -2.69. The maximum absolute atomic E-state index is 11.9. The Balaban J connectivity index is 2.06. The molecule has 2 N–H and O–H groups in total. The fraction of sp³-hybridized carbons (Fsp3) is 0.133. The van der Waals surface area contributed by atoms with E-state index >= 15 is 0 Å². The Morgan fingerprint density at radius 2 is 1.75 bits per heavy atom. The standard InChI is InChI=1S/C15H14N2O3/c18-13(10-11-6-8-16-9-7-11)17-14(15(19)20)12-4-2-1-3-5-12/h1-9,14H,10H2,(H,17,18)(H,19,20)/t14-/m0/s1. The monoisotopic (exact) mass is 270 g/mol. The lowest BCUT2D eigenvalue weighted by atomic mass is 10.1. The topological polar surface area (TPSA) is 79.3 Å². The third kappa shape index (κ3) is 3.65.